The summed E-state index contributed by atoms with van der Waals surface area (Å²) in [7, 11) is -6.42. The minimum Gasteiger partial charge on any atom is -0.474 e. The smallest absolute Gasteiger partial charge is 0.306 e. The second-order valence-electron chi connectivity index (χ2n) is 13.9. The Morgan fingerprint density at radius 2 is 1.50 bits per heavy atom. The van der Waals surface area contributed by atoms with E-state index in [9.17, 15) is 13.2 Å². The lowest BCUT2D eigenvalue weighted by Crippen LogP contribution is -2.66. The zero-order valence-electron chi connectivity index (χ0n) is 30.2. The van der Waals surface area contributed by atoms with Crippen molar-refractivity contribution >= 4 is 34.5 Å². The summed E-state index contributed by atoms with van der Waals surface area (Å²) in [5.74, 6) is -0.461. The molecule has 2 atom stereocenters. The summed E-state index contributed by atoms with van der Waals surface area (Å²) in [4.78, 5) is 16.9. The highest BCUT2D eigenvalue weighted by Gasteiger charge is 2.49. The molecular formula is C39H57NO6SSi. The van der Waals surface area contributed by atoms with E-state index in [1.807, 2.05) is 19.1 Å². The Labute approximate surface area is 290 Å². The fraction of sp³-hybridized carbons (Fsp3) is 0.538. The van der Waals surface area contributed by atoms with Crippen LogP contribution in [0.3, 0.4) is 0 Å². The lowest BCUT2D eigenvalue weighted by Gasteiger charge is -2.43. The monoisotopic (exact) mass is 695 g/mol. The predicted octanol–water partition coefficient (Wildman–Crippen LogP) is 7.83. The van der Waals surface area contributed by atoms with Crippen LogP contribution in [-0.2, 0) is 23.8 Å². The number of unbranched alkanes of at least 4 members (excludes halogenated alkanes) is 2. The number of sulfone groups is 1. The minimum atomic E-state index is -3.82. The van der Waals surface area contributed by atoms with E-state index in [4.69, 9.17) is 13.9 Å². The van der Waals surface area contributed by atoms with Gasteiger partial charge in [0.1, 0.15) is 4.90 Å². The Morgan fingerprint density at radius 1 is 0.875 bits per heavy atom. The van der Waals surface area contributed by atoms with Crippen molar-refractivity contribution in [3.8, 4) is 5.88 Å². The molecule has 9 heteroatoms. The second-order valence-corrected chi connectivity index (χ2v) is 20.2. The minimum absolute atomic E-state index is 0.0112. The zero-order valence-corrected chi connectivity index (χ0v) is 32.0. The number of esters is 1. The van der Waals surface area contributed by atoms with E-state index >= 15 is 0 Å². The number of aromatic nitrogens is 1. The molecule has 0 amide bonds. The summed E-state index contributed by atoms with van der Waals surface area (Å²) in [5.41, 5.74) is 0.659. The molecule has 0 unspecified atom stereocenters. The van der Waals surface area contributed by atoms with Crippen molar-refractivity contribution in [1.82, 2.24) is 4.98 Å². The van der Waals surface area contributed by atoms with Crippen LogP contribution in [-0.4, -0.2) is 52.8 Å². The Morgan fingerprint density at radius 3 is 2.06 bits per heavy atom. The van der Waals surface area contributed by atoms with Crippen molar-refractivity contribution in [3.63, 3.8) is 0 Å². The third kappa shape index (κ3) is 11.0. The third-order valence-corrected chi connectivity index (χ3v) is 15.7. The molecule has 0 aliphatic heterocycles. The van der Waals surface area contributed by atoms with Crippen molar-refractivity contribution in [3.05, 3.63) is 78.5 Å². The van der Waals surface area contributed by atoms with E-state index in [0.29, 0.717) is 31.2 Å². The fourth-order valence-electron chi connectivity index (χ4n) is 6.12. The lowest BCUT2D eigenvalue weighted by atomic mass is 10.0. The average Bonchev–Trinajstić information content (AvgIpc) is 3.05. The number of benzene rings is 2. The molecule has 7 nitrogen and oxygen atoms in total. The summed E-state index contributed by atoms with van der Waals surface area (Å²) in [6, 6.07) is 24.4. The van der Waals surface area contributed by atoms with Gasteiger partial charge in [0.05, 0.1) is 24.9 Å². The first-order valence-electron chi connectivity index (χ1n) is 17.6. The number of carbonyl (C=O) groups excluding carboxylic acids is 1. The van der Waals surface area contributed by atoms with Gasteiger partial charge in [-0.3, -0.25) is 4.79 Å². The Balaban J connectivity index is 1.60. The quantitative estimate of drug-likeness (QED) is 0.0676. The number of carbonyl (C=O) groups is 1. The molecule has 48 heavy (non-hydrogen) atoms. The maximum Gasteiger partial charge on any atom is 0.306 e. The first kappa shape index (κ1) is 39.4. The normalized spacial score (nSPS) is 13.6. The highest BCUT2D eigenvalue weighted by atomic mass is 32.2. The van der Waals surface area contributed by atoms with Crippen molar-refractivity contribution in [1.29, 1.82) is 0 Å². The molecule has 1 heterocycles. The molecule has 0 N–H and O–H groups in total. The first-order chi connectivity index (χ1) is 22.8. The molecule has 0 spiro atoms. The summed E-state index contributed by atoms with van der Waals surface area (Å²) in [6.07, 6.45) is 6.02. The molecule has 3 rings (SSSR count). The molecule has 2 aromatic carbocycles. The molecule has 0 aliphatic carbocycles. The van der Waals surface area contributed by atoms with Gasteiger partial charge < -0.3 is 13.9 Å². The summed E-state index contributed by atoms with van der Waals surface area (Å²) in [6.45, 7) is 15.7. The molecule has 0 aliphatic rings. The van der Waals surface area contributed by atoms with Gasteiger partial charge in [-0.15, -0.1) is 0 Å². The Bertz CT molecular complexity index is 1470. The van der Waals surface area contributed by atoms with Crippen molar-refractivity contribution in [2.45, 2.75) is 116 Å². The van der Waals surface area contributed by atoms with Crippen molar-refractivity contribution in [2.24, 2.45) is 5.92 Å². The number of hydrogen-bond acceptors (Lipinski definition) is 7. The Hall–Kier alpha value is -3.01. The number of pyridine rings is 1. The van der Waals surface area contributed by atoms with Crippen LogP contribution in [0.25, 0.3) is 0 Å². The van der Waals surface area contributed by atoms with Gasteiger partial charge in [-0.05, 0) is 73.0 Å². The maximum absolute atomic E-state index is 13.4. The van der Waals surface area contributed by atoms with Crippen LogP contribution in [0.4, 0.5) is 0 Å². The predicted molar refractivity (Wildman–Crippen MR) is 197 cm³/mol. The Kier molecular flexibility index (Phi) is 15.3. The molecule has 0 fully saturated rings. The van der Waals surface area contributed by atoms with Gasteiger partial charge in [0, 0.05) is 12.3 Å². The van der Waals surface area contributed by atoms with Gasteiger partial charge in [0.15, 0.2) is 9.84 Å². The van der Waals surface area contributed by atoms with Crippen LogP contribution in [0.15, 0.2) is 77.7 Å². The van der Waals surface area contributed by atoms with E-state index in [2.05, 4.69) is 88.1 Å². The topological polar surface area (TPSA) is 91.8 Å². The van der Waals surface area contributed by atoms with Crippen molar-refractivity contribution in [2.75, 3.05) is 19.0 Å². The fourth-order valence-corrected chi connectivity index (χ4v) is 12.0. The zero-order chi connectivity index (χ0) is 35.2. The summed E-state index contributed by atoms with van der Waals surface area (Å²) < 4.78 is 45.3. The van der Waals surface area contributed by atoms with E-state index in [1.165, 1.54) is 16.4 Å². The van der Waals surface area contributed by atoms with E-state index in [1.54, 1.807) is 13.0 Å². The van der Waals surface area contributed by atoms with Crippen LogP contribution in [0.1, 0.15) is 98.6 Å². The van der Waals surface area contributed by atoms with E-state index in [0.717, 1.165) is 38.5 Å². The largest absolute Gasteiger partial charge is 0.474 e. The molecule has 0 saturated heterocycles. The van der Waals surface area contributed by atoms with Gasteiger partial charge in [-0.2, -0.15) is 0 Å². The number of hydrogen-bond donors (Lipinski definition) is 0. The maximum atomic E-state index is 13.4. The van der Waals surface area contributed by atoms with E-state index in [-0.39, 0.29) is 34.1 Å². The van der Waals surface area contributed by atoms with Gasteiger partial charge in [-0.1, -0.05) is 115 Å². The number of rotatable bonds is 20. The van der Waals surface area contributed by atoms with Crippen molar-refractivity contribution < 1.29 is 27.1 Å². The van der Waals surface area contributed by atoms with Crippen LogP contribution in [0.5, 0.6) is 5.88 Å². The summed E-state index contributed by atoms with van der Waals surface area (Å²) in [5, 5.41) is 2.42. The average molecular weight is 696 g/mol. The second kappa shape index (κ2) is 18.7. The number of nitrogens with zero attached hydrogens (tertiary/aromatic N) is 1. The molecule has 264 valence electrons. The molecule has 0 bridgehead atoms. The molecule has 3 aromatic rings. The van der Waals surface area contributed by atoms with Gasteiger partial charge >= 0.3 is 5.97 Å². The van der Waals surface area contributed by atoms with Crippen LogP contribution >= 0.6 is 0 Å². The molecular weight excluding hydrogens is 639 g/mol. The van der Waals surface area contributed by atoms with Crippen LogP contribution < -0.4 is 15.1 Å². The number of ether oxygens (including phenoxy) is 2. The molecule has 1 aromatic heterocycles. The third-order valence-electron chi connectivity index (χ3n) is 8.95. The molecule has 0 saturated carbocycles. The van der Waals surface area contributed by atoms with Crippen LogP contribution in [0.2, 0.25) is 5.04 Å². The van der Waals surface area contributed by atoms with Gasteiger partial charge in [0.25, 0.3) is 8.32 Å². The SMILES string of the molecule is CCCC[C@@H](CC)COC(=O)CCS(=O)(=O)c1ccc(C)nc1O[C@H](C)CCCCO[Si](c1ccccc1)(c1ccccc1)C(C)(C)C. The first-order valence-corrected chi connectivity index (χ1v) is 21.2. The highest BCUT2D eigenvalue weighted by Crippen LogP contribution is 2.37. The summed E-state index contributed by atoms with van der Waals surface area (Å²) >= 11 is 0. The molecule has 0 radical (unpaired) electrons. The van der Waals surface area contributed by atoms with Gasteiger partial charge in [-0.25, -0.2) is 13.4 Å². The van der Waals surface area contributed by atoms with Crippen LogP contribution in [0, 0.1) is 12.8 Å². The lowest BCUT2D eigenvalue weighted by molar-refractivity contribution is -0.144. The number of aryl methyl sites for hydroxylation is 1. The van der Waals surface area contributed by atoms with Gasteiger partial charge in [0.2, 0.25) is 5.88 Å². The van der Waals surface area contributed by atoms with E-state index < -0.39 is 24.1 Å². The highest BCUT2D eigenvalue weighted by molar-refractivity contribution is 7.91. The standard InChI is InChI=1S/C39H57NO6SSi/c1-8-10-20-33(9-2)30-44-37(41)27-29-47(42,43)36-26-25-31(3)40-38(36)46-32(4)19-17-18-28-45-48(39(5,6)7,34-21-13-11-14-22-34)35-23-15-12-16-24-35/h11-16,21-26,32-33H,8-10,17-20,27-30H2,1-7H3/t32-,33-/m1/s1.